The zero-order chi connectivity index (χ0) is 14.2. The summed E-state index contributed by atoms with van der Waals surface area (Å²) in [5.41, 5.74) is 7.19. The lowest BCUT2D eigenvalue weighted by atomic mass is 9.96. The molecule has 21 heavy (non-hydrogen) atoms. The first-order valence-electron chi connectivity index (χ1n) is 8.18. The third kappa shape index (κ3) is 2.87. The molecule has 4 nitrogen and oxygen atoms in total. The van der Waals surface area contributed by atoms with Gasteiger partial charge in [-0.1, -0.05) is 6.07 Å². The molecular formula is C17H24N2O2. The molecule has 3 N–H and O–H groups in total. The van der Waals surface area contributed by atoms with Crippen LogP contribution in [0.2, 0.25) is 0 Å². The van der Waals surface area contributed by atoms with Gasteiger partial charge in [0.15, 0.2) is 11.5 Å². The van der Waals surface area contributed by atoms with Crippen molar-refractivity contribution in [2.24, 2.45) is 23.5 Å². The molecule has 2 aliphatic carbocycles. The summed E-state index contributed by atoms with van der Waals surface area (Å²) in [6.07, 6.45) is 5.72. The van der Waals surface area contributed by atoms with Crippen LogP contribution < -0.4 is 20.5 Å². The quantitative estimate of drug-likeness (QED) is 0.809. The van der Waals surface area contributed by atoms with Crippen LogP contribution >= 0.6 is 0 Å². The molecule has 1 aromatic rings. The van der Waals surface area contributed by atoms with Crippen molar-refractivity contribution in [2.75, 3.05) is 19.9 Å². The van der Waals surface area contributed by atoms with Crippen molar-refractivity contribution in [2.45, 2.75) is 31.7 Å². The second-order valence-corrected chi connectivity index (χ2v) is 6.65. The molecule has 1 aromatic carbocycles. The van der Waals surface area contributed by atoms with Crippen LogP contribution in [-0.4, -0.2) is 19.9 Å². The lowest BCUT2D eigenvalue weighted by Gasteiger charge is -2.22. The Hall–Kier alpha value is -1.26. The van der Waals surface area contributed by atoms with Crippen molar-refractivity contribution in [3.63, 3.8) is 0 Å². The Morgan fingerprint density at radius 1 is 1.10 bits per heavy atom. The van der Waals surface area contributed by atoms with Crippen LogP contribution in [0, 0.1) is 17.8 Å². The average Bonchev–Trinajstić information content (AvgIpc) is 3.42. The summed E-state index contributed by atoms with van der Waals surface area (Å²) < 4.78 is 10.8. The minimum atomic E-state index is 0.208. The molecular weight excluding hydrogens is 264 g/mol. The molecule has 2 fully saturated rings. The summed E-state index contributed by atoms with van der Waals surface area (Å²) in [5, 5.41) is 3.70. The Bertz CT molecular complexity index is 500. The molecule has 1 heterocycles. The Morgan fingerprint density at radius 2 is 1.81 bits per heavy atom. The fourth-order valence-corrected chi connectivity index (χ4v) is 3.51. The molecule has 1 aliphatic heterocycles. The molecule has 114 valence electrons. The van der Waals surface area contributed by atoms with Crippen molar-refractivity contribution in [1.82, 2.24) is 5.32 Å². The predicted molar refractivity (Wildman–Crippen MR) is 81.3 cm³/mol. The monoisotopic (exact) mass is 288 g/mol. The molecule has 0 radical (unpaired) electrons. The summed E-state index contributed by atoms with van der Waals surface area (Å²) in [5.74, 6) is 4.49. The van der Waals surface area contributed by atoms with E-state index in [1.807, 2.05) is 6.07 Å². The number of nitrogens with one attached hydrogen (secondary N) is 1. The molecule has 2 saturated carbocycles. The number of nitrogens with two attached hydrogens (primary N) is 1. The van der Waals surface area contributed by atoms with E-state index >= 15 is 0 Å². The van der Waals surface area contributed by atoms with E-state index < -0.39 is 0 Å². The number of hydrogen-bond acceptors (Lipinski definition) is 4. The van der Waals surface area contributed by atoms with Gasteiger partial charge in [0.25, 0.3) is 0 Å². The van der Waals surface area contributed by atoms with Gasteiger partial charge in [0.2, 0.25) is 6.79 Å². The zero-order valence-electron chi connectivity index (χ0n) is 12.4. The van der Waals surface area contributed by atoms with Gasteiger partial charge >= 0.3 is 0 Å². The molecule has 0 bridgehead atoms. The number of ether oxygens (including phenoxy) is 2. The minimum Gasteiger partial charge on any atom is -0.454 e. The van der Waals surface area contributed by atoms with E-state index in [1.165, 1.54) is 31.2 Å². The largest absolute Gasteiger partial charge is 0.454 e. The van der Waals surface area contributed by atoms with Crippen LogP contribution in [0.25, 0.3) is 0 Å². The van der Waals surface area contributed by atoms with Crippen molar-refractivity contribution in [3.05, 3.63) is 23.8 Å². The highest BCUT2D eigenvalue weighted by Crippen LogP contribution is 2.49. The van der Waals surface area contributed by atoms with Gasteiger partial charge in [-0.05, 0) is 67.7 Å². The summed E-state index contributed by atoms with van der Waals surface area (Å²) in [4.78, 5) is 0. The summed E-state index contributed by atoms with van der Waals surface area (Å²) >= 11 is 0. The molecule has 0 saturated heterocycles. The van der Waals surface area contributed by atoms with Crippen LogP contribution in [0.5, 0.6) is 11.5 Å². The van der Waals surface area contributed by atoms with E-state index in [2.05, 4.69) is 17.4 Å². The number of benzene rings is 1. The Balaban J connectivity index is 1.41. The topological polar surface area (TPSA) is 56.5 Å². The van der Waals surface area contributed by atoms with Crippen LogP contribution in [-0.2, 0) is 0 Å². The third-order valence-corrected chi connectivity index (χ3v) is 5.09. The molecule has 1 atom stereocenters. The SMILES string of the molecule is NCC(NCC(C1CC1)C1CC1)c1ccc2c(c1)OCO2. The maximum atomic E-state index is 5.99. The van der Waals surface area contributed by atoms with Gasteiger partial charge in [0, 0.05) is 12.6 Å². The molecule has 0 amide bonds. The maximum absolute atomic E-state index is 5.99. The number of fused-ring (bicyclic) bond motifs is 1. The van der Waals surface area contributed by atoms with E-state index in [4.69, 9.17) is 15.2 Å². The minimum absolute atomic E-state index is 0.208. The molecule has 4 heteroatoms. The zero-order valence-corrected chi connectivity index (χ0v) is 12.4. The molecule has 0 spiro atoms. The highest BCUT2D eigenvalue weighted by atomic mass is 16.7. The summed E-state index contributed by atoms with van der Waals surface area (Å²) in [7, 11) is 0. The third-order valence-electron chi connectivity index (χ3n) is 5.09. The Kier molecular flexibility index (Phi) is 3.51. The van der Waals surface area contributed by atoms with Gasteiger partial charge in [-0.2, -0.15) is 0 Å². The predicted octanol–water partition coefficient (Wildman–Crippen LogP) is 2.44. The van der Waals surface area contributed by atoms with Crippen LogP contribution in [0.1, 0.15) is 37.3 Å². The Labute approximate surface area is 126 Å². The number of hydrogen-bond donors (Lipinski definition) is 2. The van der Waals surface area contributed by atoms with Gasteiger partial charge in [-0.25, -0.2) is 0 Å². The van der Waals surface area contributed by atoms with Crippen molar-refractivity contribution >= 4 is 0 Å². The van der Waals surface area contributed by atoms with Gasteiger partial charge in [-0.15, -0.1) is 0 Å². The Morgan fingerprint density at radius 3 is 2.48 bits per heavy atom. The highest BCUT2D eigenvalue weighted by Gasteiger charge is 2.41. The number of rotatable bonds is 7. The fraction of sp³-hybridized carbons (Fsp3) is 0.647. The second kappa shape index (κ2) is 5.50. The van der Waals surface area contributed by atoms with Gasteiger partial charge in [0.1, 0.15) is 0 Å². The lowest BCUT2D eigenvalue weighted by Crippen LogP contribution is -2.33. The summed E-state index contributed by atoms with van der Waals surface area (Å²) in [6, 6.07) is 6.36. The fourth-order valence-electron chi connectivity index (χ4n) is 3.51. The molecule has 3 aliphatic rings. The molecule has 0 aromatic heterocycles. The van der Waals surface area contributed by atoms with Crippen molar-refractivity contribution in [1.29, 1.82) is 0 Å². The van der Waals surface area contributed by atoms with Gasteiger partial charge in [-0.3, -0.25) is 0 Å². The average molecular weight is 288 g/mol. The first-order chi connectivity index (χ1) is 10.3. The normalized spacial score (nSPS) is 21.8. The van der Waals surface area contributed by atoms with Crippen LogP contribution in [0.4, 0.5) is 0 Å². The van der Waals surface area contributed by atoms with E-state index in [9.17, 15) is 0 Å². The van der Waals surface area contributed by atoms with Crippen LogP contribution in [0.15, 0.2) is 18.2 Å². The van der Waals surface area contributed by atoms with Crippen LogP contribution in [0.3, 0.4) is 0 Å². The lowest BCUT2D eigenvalue weighted by molar-refractivity contribution is 0.174. The smallest absolute Gasteiger partial charge is 0.231 e. The standard InChI is InChI=1S/C17H24N2O2/c18-8-15(13-5-6-16-17(7-13)21-10-20-16)19-9-14(11-1-2-11)12-3-4-12/h5-7,11-12,14-15,19H,1-4,8-10,18H2. The maximum Gasteiger partial charge on any atom is 0.231 e. The van der Waals surface area contributed by atoms with E-state index in [0.29, 0.717) is 13.3 Å². The summed E-state index contributed by atoms with van der Waals surface area (Å²) in [6.45, 7) is 2.04. The van der Waals surface area contributed by atoms with E-state index in [0.717, 1.165) is 35.8 Å². The van der Waals surface area contributed by atoms with E-state index in [-0.39, 0.29) is 6.04 Å². The van der Waals surface area contributed by atoms with Crippen molar-refractivity contribution < 1.29 is 9.47 Å². The molecule has 4 rings (SSSR count). The van der Waals surface area contributed by atoms with Crippen molar-refractivity contribution in [3.8, 4) is 11.5 Å². The highest BCUT2D eigenvalue weighted by molar-refractivity contribution is 5.45. The van der Waals surface area contributed by atoms with E-state index in [1.54, 1.807) is 0 Å². The first-order valence-corrected chi connectivity index (χ1v) is 8.18. The van der Waals surface area contributed by atoms with Gasteiger partial charge < -0.3 is 20.5 Å². The first kappa shape index (κ1) is 13.4. The molecule has 1 unspecified atom stereocenters. The second-order valence-electron chi connectivity index (χ2n) is 6.65. The van der Waals surface area contributed by atoms with Gasteiger partial charge in [0.05, 0.1) is 0 Å².